The predicted molar refractivity (Wildman–Crippen MR) is 105 cm³/mol. The van der Waals surface area contributed by atoms with Crippen molar-refractivity contribution in [2.24, 2.45) is 17.8 Å². The van der Waals surface area contributed by atoms with Crippen LogP contribution >= 0.6 is 0 Å². The minimum Gasteiger partial charge on any atom is -0.388 e. The molecule has 2 aliphatic rings. The van der Waals surface area contributed by atoms with Gasteiger partial charge in [-0.15, -0.1) is 0 Å². The van der Waals surface area contributed by atoms with Crippen LogP contribution in [0.2, 0.25) is 0 Å². The summed E-state index contributed by atoms with van der Waals surface area (Å²) < 4.78 is 45.5. The fourth-order valence-electron chi connectivity index (χ4n) is 4.71. The van der Waals surface area contributed by atoms with Crippen molar-refractivity contribution in [2.75, 3.05) is 6.61 Å². The van der Waals surface area contributed by atoms with Gasteiger partial charge in [-0.1, -0.05) is 31.9 Å². The zero-order chi connectivity index (χ0) is 22.4. The Morgan fingerprint density at radius 1 is 1.23 bits per heavy atom. The minimum atomic E-state index is -4.16. The van der Waals surface area contributed by atoms with Crippen LogP contribution in [0.15, 0.2) is 12.2 Å². The van der Waals surface area contributed by atoms with Gasteiger partial charge >= 0.3 is 6.18 Å². The van der Waals surface area contributed by atoms with Crippen LogP contribution in [0.4, 0.5) is 13.2 Å². The number of halogens is 3. The normalized spacial score (nSPS) is 28.2. The summed E-state index contributed by atoms with van der Waals surface area (Å²) >= 11 is 0. The molecule has 0 radical (unpaired) electrons. The molecule has 0 aromatic carbocycles. The number of rotatable bonds is 12. The van der Waals surface area contributed by atoms with Crippen LogP contribution in [-0.2, 0) is 9.53 Å². The van der Waals surface area contributed by atoms with Crippen molar-refractivity contribution in [3.05, 3.63) is 12.2 Å². The molecule has 1 heterocycles. The second-order valence-corrected chi connectivity index (χ2v) is 8.77. The fraction of sp³-hybridized carbons (Fsp3) is 0.864. The molecule has 1 saturated heterocycles. The SMILES string of the molecule is CCCC[C@H](CC=C[C@H]1CC[C@H]2O[C@@H](CCCC(O)(O)C(=O)CO)C[C@H]12)C(F)(F)F. The highest BCUT2D eigenvalue weighted by molar-refractivity contribution is 5.86. The molecule has 1 saturated carbocycles. The lowest BCUT2D eigenvalue weighted by atomic mass is 9.89. The third-order valence-electron chi connectivity index (χ3n) is 6.53. The molecule has 0 aromatic heterocycles. The first-order chi connectivity index (χ1) is 14.1. The Morgan fingerprint density at radius 2 is 1.97 bits per heavy atom. The predicted octanol–water partition coefficient (Wildman–Crippen LogP) is 3.90. The summed E-state index contributed by atoms with van der Waals surface area (Å²) in [7, 11) is 0. The third kappa shape index (κ3) is 7.04. The first kappa shape index (κ1) is 25.3. The molecule has 0 aromatic rings. The molecule has 1 aliphatic heterocycles. The quantitative estimate of drug-likeness (QED) is 0.319. The molecule has 5 nitrogen and oxygen atoms in total. The molecule has 0 amide bonds. The lowest BCUT2D eigenvalue weighted by Crippen LogP contribution is -2.40. The number of hydrogen-bond acceptors (Lipinski definition) is 5. The number of ketones is 1. The van der Waals surface area contributed by atoms with Gasteiger partial charge in [0, 0.05) is 6.42 Å². The summed E-state index contributed by atoms with van der Waals surface area (Å²) in [5.41, 5.74) is 0. The number of ether oxygens (including phenoxy) is 1. The number of unbranched alkanes of at least 4 members (excludes halogenated alkanes) is 1. The number of alkyl halides is 3. The van der Waals surface area contributed by atoms with Gasteiger partial charge in [-0.3, -0.25) is 4.79 Å². The Bertz CT molecular complexity index is 576. The zero-order valence-electron chi connectivity index (χ0n) is 17.6. The second kappa shape index (κ2) is 11.1. The van der Waals surface area contributed by atoms with Crippen LogP contribution in [0, 0.1) is 17.8 Å². The maximum Gasteiger partial charge on any atom is 0.392 e. The Hall–Kier alpha value is -0.960. The van der Waals surface area contributed by atoms with E-state index in [0.29, 0.717) is 19.3 Å². The summed E-state index contributed by atoms with van der Waals surface area (Å²) in [6.45, 7) is 0.975. The van der Waals surface area contributed by atoms with E-state index < -0.39 is 30.3 Å². The number of carbonyl (C=O) groups is 1. The van der Waals surface area contributed by atoms with Crippen LogP contribution in [0.3, 0.4) is 0 Å². The Balaban J connectivity index is 1.80. The molecular formula is C22H35F3O5. The highest BCUT2D eigenvalue weighted by atomic mass is 19.4. The number of allylic oxidation sites excluding steroid dienone is 2. The number of aliphatic hydroxyl groups excluding tert-OH is 1. The molecule has 1 aliphatic carbocycles. The van der Waals surface area contributed by atoms with Crippen LogP contribution in [0.1, 0.15) is 71.1 Å². The monoisotopic (exact) mass is 436 g/mol. The molecule has 2 fully saturated rings. The Kier molecular flexibility index (Phi) is 9.33. The van der Waals surface area contributed by atoms with E-state index in [-0.39, 0.29) is 43.3 Å². The van der Waals surface area contributed by atoms with Crippen molar-refractivity contribution in [1.29, 1.82) is 0 Å². The van der Waals surface area contributed by atoms with Crippen LogP contribution < -0.4 is 0 Å². The highest BCUT2D eigenvalue weighted by Gasteiger charge is 2.43. The van der Waals surface area contributed by atoms with Gasteiger partial charge in [-0.2, -0.15) is 13.2 Å². The lowest BCUT2D eigenvalue weighted by molar-refractivity contribution is -0.188. The maximum atomic E-state index is 13.2. The molecule has 0 bridgehead atoms. The molecule has 3 N–H and O–H groups in total. The minimum absolute atomic E-state index is 0.0235. The molecule has 174 valence electrons. The van der Waals surface area contributed by atoms with E-state index in [1.165, 1.54) is 0 Å². The summed E-state index contributed by atoms with van der Waals surface area (Å²) in [6, 6.07) is 0. The van der Waals surface area contributed by atoms with Crippen molar-refractivity contribution in [3.8, 4) is 0 Å². The van der Waals surface area contributed by atoms with Gasteiger partial charge in [-0.05, 0) is 56.8 Å². The highest BCUT2D eigenvalue weighted by Crippen LogP contribution is 2.45. The number of Topliss-reactive ketones (excluding diaryl/α,β-unsaturated/α-hetero) is 1. The fourth-order valence-corrected chi connectivity index (χ4v) is 4.71. The topological polar surface area (TPSA) is 87.0 Å². The Labute approximate surface area is 176 Å². The number of fused-ring (bicyclic) bond motifs is 1. The van der Waals surface area contributed by atoms with Gasteiger partial charge in [0.2, 0.25) is 11.6 Å². The van der Waals surface area contributed by atoms with E-state index in [1.807, 2.05) is 13.0 Å². The van der Waals surface area contributed by atoms with E-state index in [1.54, 1.807) is 6.08 Å². The van der Waals surface area contributed by atoms with Crippen molar-refractivity contribution in [2.45, 2.75) is 95.3 Å². The summed E-state index contributed by atoms with van der Waals surface area (Å²) in [5, 5.41) is 28.0. The van der Waals surface area contributed by atoms with Gasteiger partial charge in [-0.25, -0.2) is 0 Å². The average Bonchev–Trinajstić information content (AvgIpc) is 3.23. The molecule has 8 heteroatoms. The summed E-state index contributed by atoms with van der Waals surface area (Å²) in [4.78, 5) is 11.3. The number of carbonyl (C=O) groups excluding carboxylic acids is 1. The maximum absolute atomic E-state index is 13.2. The van der Waals surface area contributed by atoms with E-state index in [9.17, 15) is 28.2 Å². The molecular weight excluding hydrogens is 401 g/mol. The molecule has 2 rings (SSSR count). The first-order valence-electron chi connectivity index (χ1n) is 11.1. The molecule has 5 atom stereocenters. The van der Waals surface area contributed by atoms with Crippen LogP contribution in [0.25, 0.3) is 0 Å². The van der Waals surface area contributed by atoms with Gasteiger partial charge in [0.1, 0.15) is 6.61 Å². The van der Waals surface area contributed by atoms with Gasteiger partial charge in [0.05, 0.1) is 18.1 Å². The zero-order valence-corrected chi connectivity index (χ0v) is 17.6. The van der Waals surface area contributed by atoms with Crippen molar-refractivity contribution >= 4 is 5.78 Å². The van der Waals surface area contributed by atoms with Gasteiger partial charge < -0.3 is 20.1 Å². The van der Waals surface area contributed by atoms with E-state index >= 15 is 0 Å². The van der Waals surface area contributed by atoms with E-state index in [2.05, 4.69) is 0 Å². The van der Waals surface area contributed by atoms with Gasteiger partial charge in [0.25, 0.3) is 0 Å². The van der Waals surface area contributed by atoms with Crippen molar-refractivity contribution in [1.82, 2.24) is 0 Å². The average molecular weight is 437 g/mol. The Morgan fingerprint density at radius 3 is 2.60 bits per heavy atom. The molecule has 0 unspecified atom stereocenters. The first-order valence-corrected chi connectivity index (χ1v) is 11.1. The molecule has 30 heavy (non-hydrogen) atoms. The standard InChI is InChI=1S/C22H35F3O5/c1-2-3-7-16(22(23,24)25)8-4-6-15-10-11-19-18(15)13-17(30-19)9-5-12-21(28,29)20(27)14-26/h4,6,15-19,26,28-29H,2-3,5,7-14H2,1H3/t15-,16+,17-,18+,19+/m0/s1. The third-order valence-corrected chi connectivity index (χ3v) is 6.53. The lowest BCUT2D eigenvalue weighted by Gasteiger charge is -2.20. The number of hydrogen-bond donors (Lipinski definition) is 3. The van der Waals surface area contributed by atoms with Gasteiger partial charge in [0.15, 0.2) is 0 Å². The van der Waals surface area contributed by atoms with Crippen LogP contribution in [0.5, 0.6) is 0 Å². The van der Waals surface area contributed by atoms with Crippen molar-refractivity contribution < 1.29 is 38.0 Å². The summed E-state index contributed by atoms with van der Waals surface area (Å²) in [6.07, 6.45) is 4.38. The smallest absolute Gasteiger partial charge is 0.388 e. The summed E-state index contributed by atoms with van der Waals surface area (Å²) in [5.74, 6) is -4.32. The number of aliphatic hydroxyl groups is 3. The second-order valence-electron chi connectivity index (χ2n) is 8.77. The largest absolute Gasteiger partial charge is 0.392 e. The van der Waals surface area contributed by atoms with E-state index in [4.69, 9.17) is 9.84 Å². The van der Waals surface area contributed by atoms with Crippen molar-refractivity contribution in [3.63, 3.8) is 0 Å². The molecule has 0 spiro atoms. The van der Waals surface area contributed by atoms with Crippen LogP contribution in [-0.4, -0.2) is 51.9 Å². The van der Waals surface area contributed by atoms with E-state index in [0.717, 1.165) is 25.7 Å².